The number of benzene rings is 1. The molecule has 0 spiro atoms. The minimum absolute atomic E-state index is 0.0224. The van der Waals surface area contributed by atoms with Gasteiger partial charge in [0.25, 0.3) is 0 Å². The molecule has 0 bridgehead atoms. The Morgan fingerprint density at radius 3 is 2.33 bits per heavy atom. The van der Waals surface area contributed by atoms with Crippen LogP contribution in [0.15, 0.2) is 47.6 Å². The average molecular weight is 472 g/mol. The topological polar surface area (TPSA) is 95.5 Å². The SMILES string of the molecule is CC(C)c1ccc(S(=O)(=O)N2CCC(C(=O)NC3CCCN(c4ncccn4)C3)CC2)cc1. The molecular weight excluding hydrogens is 438 g/mol. The minimum atomic E-state index is -3.54. The zero-order valence-electron chi connectivity index (χ0n) is 19.4. The maximum Gasteiger partial charge on any atom is 0.243 e. The molecule has 2 aliphatic rings. The quantitative estimate of drug-likeness (QED) is 0.696. The van der Waals surface area contributed by atoms with E-state index in [1.54, 1.807) is 30.6 Å². The molecule has 2 fully saturated rings. The molecule has 33 heavy (non-hydrogen) atoms. The fourth-order valence-electron chi connectivity index (χ4n) is 4.58. The number of nitrogens with zero attached hydrogens (tertiary/aromatic N) is 4. The molecule has 9 heteroatoms. The van der Waals surface area contributed by atoms with Crippen molar-refractivity contribution >= 4 is 21.9 Å². The first-order valence-corrected chi connectivity index (χ1v) is 13.2. The molecule has 2 saturated heterocycles. The van der Waals surface area contributed by atoms with Crippen molar-refractivity contribution in [2.45, 2.75) is 56.4 Å². The van der Waals surface area contributed by atoms with Gasteiger partial charge in [0.2, 0.25) is 21.9 Å². The van der Waals surface area contributed by atoms with Crippen LogP contribution in [0.4, 0.5) is 5.95 Å². The van der Waals surface area contributed by atoms with E-state index in [2.05, 4.69) is 34.0 Å². The highest BCUT2D eigenvalue weighted by atomic mass is 32.2. The van der Waals surface area contributed by atoms with Gasteiger partial charge >= 0.3 is 0 Å². The molecule has 1 aromatic carbocycles. The Bertz CT molecular complexity index is 1040. The second kappa shape index (κ2) is 10.2. The molecule has 2 aliphatic heterocycles. The molecule has 0 saturated carbocycles. The van der Waals surface area contributed by atoms with Gasteiger partial charge < -0.3 is 10.2 Å². The number of aromatic nitrogens is 2. The molecule has 0 radical (unpaired) electrons. The summed E-state index contributed by atoms with van der Waals surface area (Å²) in [4.78, 5) is 24.0. The second-order valence-corrected chi connectivity index (χ2v) is 11.2. The molecule has 1 aromatic heterocycles. The van der Waals surface area contributed by atoms with Crippen molar-refractivity contribution in [3.8, 4) is 0 Å². The van der Waals surface area contributed by atoms with Gasteiger partial charge in [0.05, 0.1) is 4.90 Å². The predicted octanol–water partition coefficient (Wildman–Crippen LogP) is 2.79. The first-order valence-electron chi connectivity index (χ1n) is 11.8. The molecule has 178 valence electrons. The lowest BCUT2D eigenvalue weighted by atomic mass is 9.96. The van der Waals surface area contributed by atoms with Gasteiger partial charge in [-0.2, -0.15) is 4.31 Å². The summed E-state index contributed by atoms with van der Waals surface area (Å²) in [5.74, 6) is 0.904. The minimum Gasteiger partial charge on any atom is -0.351 e. The zero-order chi connectivity index (χ0) is 23.4. The van der Waals surface area contributed by atoms with E-state index in [1.807, 2.05) is 12.1 Å². The van der Waals surface area contributed by atoms with Crippen molar-refractivity contribution in [2.24, 2.45) is 5.92 Å². The number of hydrogen-bond acceptors (Lipinski definition) is 6. The summed E-state index contributed by atoms with van der Waals surface area (Å²) in [7, 11) is -3.54. The van der Waals surface area contributed by atoms with E-state index in [4.69, 9.17) is 0 Å². The third-order valence-corrected chi connectivity index (χ3v) is 8.52. The van der Waals surface area contributed by atoms with Crippen LogP contribution in [-0.2, 0) is 14.8 Å². The molecular formula is C24H33N5O3S. The largest absolute Gasteiger partial charge is 0.351 e. The summed E-state index contributed by atoms with van der Waals surface area (Å²) >= 11 is 0. The van der Waals surface area contributed by atoms with Gasteiger partial charge in [-0.1, -0.05) is 26.0 Å². The highest BCUT2D eigenvalue weighted by Gasteiger charge is 2.33. The standard InChI is InChI=1S/C24H33N5O3S/c1-18(2)19-6-8-22(9-7-19)33(31,32)29-15-10-20(11-16-29)23(30)27-21-5-3-14-28(17-21)24-25-12-4-13-26-24/h4,6-9,12-13,18,20-21H,3,5,10-11,14-17H2,1-2H3,(H,27,30). The molecule has 1 atom stereocenters. The summed E-state index contributed by atoms with van der Waals surface area (Å²) in [6, 6.07) is 8.98. The average Bonchev–Trinajstić information content (AvgIpc) is 2.85. The summed E-state index contributed by atoms with van der Waals surface area (Å²) in [5.41, 5.74) is 1.12. The normalized spacial score (nSPS) is 20.7. The maximum atomic E-state index is 13.0. The molecule has 0 aliphatic carbocycles. The van der Waals surface area contributed by atoms with Gasteiger partial charge in [0, 0.05) is 50.5 Å². The number of rotatable bonds is 6. The van der Waals surface area contributed by atoms with E-state index in [-0.39, 0.29) is 17.9 Å². The third-order valence-electron chi connectivity index (χ3n) is 6.61. The Kier molecular flexibility index (Phi) is 7.29. The van der Waals surface area contributed by atoms with Crippen molar-refractivity contribution in [1.29, 1.82) is 0 Å². The summed E-state index contributed by atoms with van der Waals surface area (Å²) < 4.78 is 27.6. The van der Waals surface area contributed by atoms with Gasteiger partial charge in [0.1, 0.15) is 0 Å². The van der Waals surface area contributed by atoms with E-state index in [0.717, 1.165) is 24.9 Å². The number of piperidine rings is 2. The van der Waals surface area contributed by atoms with Crippen LogP contribution in [0.1, 0.15) is 51.0 Å². The van der Waals surface area contributed by atoms with Crippen LogP contribution in [0, 0.1) is 5.92 Å². The van der Waals surface area contributed by atoms with E-state index in [1.165, 1.54) is 4.31 Å². The number of nitrogens with one attached hydrogen (secondary N) is 1. The van der Waals surface area contributed by atoms with Crippen molar-refractivity contribution in [2.75, 3.05) is 31.1 Å². The number of carbonyl (C=O) groups is 1. The number of sulfonamides is 1. The van der Waals surface area contributed by atoms with Crippen LogP contribution in [0.3, 0.4) is 0 Å². The zero-order valence-corrected chi connectivity index (χ0v) is 20.2. The fourth-order valence-corrected chi connectivity index (χ4v) is 6.05. The smallest absolute Gasteiger partial charge is 0.243 e. The van der Waals surface area contributed by atoms with E-state index in [0.29, 0.717) is 49.2 Å². The molecule has 1 N–H and O–H groups in total. The fraction of sp³-hybridized carbons (Fsp3) is 0.542. The monoisotopic (exact) mass is 471 g/mol. The Morgan fingerprint density at radius 2 is 1.70 bits per heavy atom. The number of hydrogen-bond donors (Lipinski definition) is 1. The summed E-state index contributed by atoms with van der Waals surface area (Å²) in [6.07, 6.45) is 6.42. The Morgan fingerprint density at radius 1 is 1.03 bits per heavy atom. The van der Waals surface area contributed by atoms with Gasteiger partial charge in [-0.05, 0) is 55.4 Å². The van der Waals surface area contributed by atoms with Gasteiger partial charge in [-0.25, -0.2) is 18.4 Å². The number of anilines is 1. The third kappa shape index (κ3) is 5.52. The van der Waals surface area contributed by atoms with Crippen LogP contribution in [-0.4, -0.2) is 60.8 Å². The number of amides is 1. The molecule has 1 amide bonds. The van der Waals surface area contributed by atoms with Crippen molar-refractivity contribution < 1.29 is 13.2 Å². The highest BCUT2D eigenvalue weighted by Crippen LogP contribution is 2.26. The molecule has 4 rings (SSSR count). The molecule has 2 aromatic rings. The van der Waals surface area contributed by atoms with Crippen LogP contribution >= 0.6 is 0 Å². The van der Waals surface area contributed by atoms with Crippen molar-refractivity contribution in [3.63, 3.8) is 0 Å². The Labute approximate surface area is 196 Å². The molecule has 3 heterocycles. The first-order chi connectivity index (χ1) is 15.8. The van der Waals surface area contributed by atoms with E-state index in [9.17, 15) is 13.2 Å². The summed E-state index contributed by atoms with van der Waals surface area (Å²) in [6.45, 7) is 6.46. The van der Waals surface area contributed by atoms with E-state index >= 15 is 0 Å². The lowest BCUT2D eigenvalue weighted by Crippen LogP contribution is -2.51. The Hall–Kier alpha value is -2.52. The number of carbonyl (C=O) groups excluding carboxylic acids is 1. The van der Waals surface area contributed by atoms with Gasteiger partial charge in [0.15, 0.2) is 0 Å². The second-order valence-electron chi connectivity index (χ2n) is 9.24. The lowest BCUT2D eigenvalue weighted by molar-refractivity contribution is -0.126. The maximum absolute atomic E-state index is 13.0. The summed E-state index contributed by atoms with van der Waals surface area (Å²) in [5, 5.41) is 3.19. The van der Waals surface area contributed by atoms with Crippen molar-refractivity contribution in [1.82, 2.24) is 19.6 Å². The first kappa shape index (κ1) is 23.6. The molecule has 1 unspecified atom stereocenters. The van der Waals surface area contributed by atoms with Gasteiger partial charge in [-0.3, -0.25) is 4.79 Å². The van der Waals surface area contributed by atoms with Crippen LogP contribution in [0.2, 0.25) is 0 Å². The van der Waals surface area contributed by atoms with Crippen LogP contribution in [0.25, 0.3) is 0 Å². The highest BCUT2D eigenvalue weighted by molar-refractivity contribution is 7.89. The van der Waals surface area contributed by atoms with E-state index < -0.39 is 10.0 Å². The predicted molar refractivity (Wildman–Crippen MR) is 127 cm³/mol. The Balaban J connectivity index is 1.30. The molecule has 8 nitrogen and oxygen atoms in total. The van der Waals surface area contributed by atoms with Crippen LogP contribution in [0.5, 0.6) is 0 Å². The lowest BCUT2D eigenvalue weighted by Gasteiger charge is -2.35. The van der Waals surface area contributed by atoms with Crippen molar-refractivity contribution in [3.05, 3.63) is 48.3 Å². The van der Waals surface area contributed by atoms with Crippen LogP contribution < -0.4 is 10.2 Å². The van der Waals surface area contributed by atoms with Gasteiger partial charge in [-0.15, -0.1) is 0 Å².